The molecule has 2 aromatic carbocycles. The molecule has 0 aliphatic heterocycles. The molecule has 31 heavy (non-hydrogen) atoms. The third-order valence-corrected chi connectivity index (χ3v) is 4.36. The molecule has 0 unspecified atom stereocenters. The number of hydrogen-bond donors (Lipinski definition) is 1. The maximum atomic E-state index is 12.2. The van der Waals surface area contributed by atoms with Crippen molar-refractivity contribution in [1.29, 1.82) is 0 Å². The molecule has 0 radical (unpaired) electrons. The molecule has 162 valence electrons. The van der Waals surface area contributed by atoms with Crippen LogP contribution in [0.15, 0.2) is 46.9 Å². The second kappa shape index (κ2) is 8.99. The SMILES string of the molecule is COC(=O)[C@H](Cc1ccc2oc(-c3ccc(C=O)cc3)nc2c1)NC(=O)OC(C)(C)C. The van der Waals surface area contributed by atoms with Gasteiger partial charge in [-0.05, 0) is 50.6 Å². The molecule has 0 saturated carbocycles. The second-order valence-electron chi connectivity index (χ2n) is 7.99. The van der Waals surface area contributed by atoms with Gasteiger partial charge in [-0.1, -0.05) is 18.2 Å². The van der Waals surface area contributed by atoms with Crippen molar-refractivity contribution in [2.24, 2.45) is 0 Å². The van der Waals surface area contributed by atoms with Crippen LogP contribution >= 0.6 is 0 Å². The van der Waals surface area contributed by atoms with E-state index in [2.05, 4.69) is 10.3 Å². The first-order chi connectivity index (χ1) is 14.7. The Morgan fingerprint density at radius 3 is 2.48 bits per heavy atom. The summed E-state index contributed by atoms with van der Waals surface area (Å²) in [5.41, 5.74) is 2.55. The first kappa shape index (κ1) is 22.0. The van der Waals surface area contributed by atoms with Crippen molar-refractivity contribution in [2.75, 3.05) is 7.11 Å². The number of hydrogen-bond acceptors (Lipinski definition) is 7. The van der Waals surface area contributed by atoms with Crippen LogP contribution in [0.5, 0.6) is 0 Å². The molecule has 1 aromatic heterocycles. The summed E-state index contributed by atoms with van der Waals surface area (Å²) in [6.07, 6.45) is 0.259. The van der Waals surface area contributed by atoms with Crippen molar-refractivity contribution in [3.8, 4) is 11.5 Å². The van der Waals surface area contributed by atoms with E-state index in [-0.39, 0.29) is 6.42 Å². The highest BCUT2D eigenvalue weighted by molar-refractivity contribution is 5.82. The van der Waals surface area contributed by atoms with E-state index in [1.54, 1.807) is 63.2 Å². The molecular weight excluding hydrogens is 400 g/mol. The quantitative estimate of drug-likeness (QED) is 0.472. The number of aromatic nitrogens is 1. The third-order valence-electron chi connectivity index (χ3n) is 4.36. The van der Waals surface area contributed by atoms with E-state index in [1.807, 2.05) is 0 Å². The number of aldehydes is 1. The number of rotatable bonds is 6. The Hall–Kier alpha value is -3.68. The van der Waals surface area contributed by atoms with Crippen LogP contribution in [-0.2, 0) is 20.7 Å². The highest BCUT2D eigenvalue weighted by Gasteiger charge is 2.25. The largest absolute Gasteiger partial charge is 0.467 e. The van der Waals surface area contributed by atoms with Crippen LogP contribution in [-0.4, -0.2) is 42.1 Å². The standard InChI is InChI=1S/C23H24N2O6/c1-23(2,3)31-22(28)25-18(21(27)29-4)12-15-7-10-19-17(11-15)24-20(30-19)16-8-5-14(13-26)6-9-16/h5-11,13,18H,12H2,1-4H3,(H,25,28)/t18-/m0/s1. The summed E-state index contributed by atoms with van der Waals surface area (Å²) in [5.74, 6) is -0.164. The van der Waals surface area contributed by atoms with Crippen molar-refractivity contribution < 1.29 is 28.3 Å². The minimum Gasteiger partial charge on any atom is -0.467 e. The Kier molecular flexibility index (Phi) is 6.39. The lowest BCUT2D eigenvalue weighted by molar-refractivity contribution is -0.143. The van der Waals surface area contributed by atoms with Gasteiger partial charge in [-0.2, -0.15) is 0 Å². The lowest BCUT2D eigenvalue weighted by Crippen LogP contribution is -2.45. The number of oxazole rings is 1. The van der Waals surface area contributed by atoms with Gasteiger partial charge >= 0.3 is 12.1 Å². The first-order valence-corrected chi connectivity index (χ1v) is 9.71. The topological polar surface area (TPSA) is 108 Å². The van der Waals surface area contributed by atoms with Crippen molar-refractivity contribution in [3.05, 3.63) is 53.6 Å². The molecule has 1 heterocycles. The zero-order chi connectivity index (χ0) is 22.6. The van der Waals surface area contributed by atoms with E-state index in [0.717, 1.165) is 17.4 Å². The van der Waals surface area contributed by atoms with E-state index in [1.165, 1.54) is 7.11 Å². The lowest BCUT2D eigenvalue weighted by Gasteiger charge is -2.22. The molecular formula is C23H24N2O6. The molecule has 0 fully saturated rings. The molecule has 0 saturated heterocycles. The maximum Gasteiger partial charge on any atom is 0.408 e. The summed E-state index contributed by atoms with van der Waals surface area (Å²) in [5, 5.41) is 2.55. The van der Waals surface area contributed by atoms with Gasteiger partial charge in [0.05, 0.1) is 7.11 Å². The number of esters is 1. The average molecular weight is 424 g/mol. The highest BCUT2D eigenvalue weighted by atomic mass is 16.6. The number of benzene rings is 2. The molecule has 3 aromatic rings. The van der Waals surface area contributed by atoms with E-state index in [4.69, 9.17) is 13.9 Å². The third kappa shape index (κ3) is 5.69. The Morgan fingerprint density at radius 2 is 1.87 bits per heavy atom. The zero-order valence-electron chi connectivity index (χ0n) is 17.8. The fraction of sp³-hybridized carbons (Fsp3) is 0.304. The van der Waals surface area contributed by atoms with Gasteiger partial charge in [-0.25, -0.2) is 14.6 Å². The van der Waals surface area contributed by atoms with Crippen LogP contribution in [0.3, 0.4) is 0 Å². The first-order valence-electron chi connectivity index (χ1n) is 9.71. The fourth-order valence-corrected chi connectivity index (χ4v) is 2.95. The Bertz CT molecular complexity index is 1100. The molecule has 1 amide bonds. The number of ether oxygens (including phenoxy) is 2. The monoisotopic (exact) mass is 424 g/mol. The van der Waals surface area contributed by atoms with Crippen LogP contribution in [0.4, 0.5) is 4.79 Å². The molecule has 0 aliphatic rings. The zero-order valence-corrected chi connectivity index (χ0v) is 17.8. The van der Waals surface area contributed by atoms with Crippen molar-refractivity contribution >= 4 is 29.4 Å². The van der Waals surface area contributed by atoms with E-state index in [9.17, 15) is 14.4 Å². The van der Waals surface area contributed by atoms with Gasteiger partial charge in [0.1, 0.15) is 23.4 Å². The normalized spacial score (nSPS) is 12.3. The number of fused-ring (bicyclic) bond motifs is 1. The Morgan fingerprint density at radius 1 is 1.16 bits per heavy atom. The second-order valence-corrected chi connectivity index (χ2v) is 7.99. The van der Waals surface area contributed by atoms with Crippen LogP contribution in [0.25, 0.3) is 22.6 Å². The number of nitrogens with one attached hydrogen (secondary N) is 1. The van der Waals surface area contributed by atoms with Gasteiger partial charge in [0.15, 0.2) is 5.58 Å². The molecule has 8 heteroatoms. The van der Waals surface area contributed by atoms with Gasteiger partial charge < -0.3 is 19.2 Å². The summed E-state index contributed by atoms with van der Waals surface area (Å²) < 4.78 is 15.8. The maximum absolute atomic E-state index is 12.2. The Balaban J connectivity index is 1.80. The van der Waals surface area contributed by atoms with Gasteiger partial charge in [0, 0.05) is 17.5 Å². The lowest BCUT2D eigenvalue weighted by atomic mass is 10.1. The number of methoxy groups -OCH3 is 1. The highest BCUT2D eigenvalue weighted by Crippen LogP contribution is 2.25. The number of carbonyl (C=O) groups excluding carboxylic acids is 3. The molecule has 0 bridgehead atoms. The van der Waals surface area contributed by atoms with Crippen LogP contribution in [0.1, 0.15) is 36.7 Å². The molecule has 1 atom stereocenters. The average Bonchev–Trinajstić information content (AvgIpc) is 3.14. The van der Waals surface area contributed by atoms with E-state index >= 15 is 0 Å². The summed E-state index contributed by atoms with van der Waals surface area (Å²) >= 11 is 0. The number of alkyl carbamates (subject to hydrolysis) is 1. The van der Waals surface area contributed by atoms with Gasteiger partial charge in [-0.3, -0.25) is 4.79 Å². The van der Waals surface area contributed by atoms with Crippen molar-refractivity contribution in [2.45, 2.75) is 38.8 Å². The summed E-state index contributed by atoms with van der Waals surface area (Å²) in [6, 6.07) is 11.3. The summed E-state index contributed by atoms with van der Waals surface area (Å²) in [7, 11) is 1.26. The van der Waals surface area contributed by atoms with Crippen LogP contribution < -0.4 is 5.32 Å². The number of nitrogens with zero attached hydrogens (tertiary/aromatic N) is 1. The van der Waals surface area contributed by atoms with E-state index < -0.39 is 23.7 Å². The van der Waals surface area contributed by atoms with Gasteiger partial charge in [0.2, 0.25) is 5.89 Å². The minimum atomic E-state index is -0.917. The van der Waals surface area contributed by atoms with Crippen molar-refractivity contribution in [1.82, 2.24) is 10.3 Å². The van der Waals surface area contributed by atoms with Gasteiger partial charge in [0.25, 0.3) is 0 Å². The molecule has 1 N–H and O–H groups in total. The van der Waals surface area contributed by atoms with Gasteiger partial charge in [-0.15, -0.1) is 0 Å². The molecule has 3 rings (SSSR count). The van der Waals surface area contributed by atoms with E-state index in [0.29, 0.717) is 22.6 Å². The predicted octanol–water partition coefficient (Wildman–Crippen LogP) is 3.92. The van der Waals surface area contributed by atoms with Crippen LogP contribution in [0, 0.1) is 0 Å². The minimum absolute atomic E-state index is 0.193. The molecule has 8 nitrogen and oxygen atoms in total. The Labute approximate surface area is 179 Å². The summed E-state index contributed by atoms with van der Waals surface area (Å²) in [4.78, 5) is 39.6. The van der Waals surface area contributed by atoms with Crippen LogP contribution in [0.2, 0.25) is 0 Å². The molecule has 0 spiro atoms. The predicted molar refractivity (Wildman–Crippen MR) is 114 cm³/mol. The molecule has 0 aliphatic carbocycles. The number of carbonyl (C=O) groups is 3. The summed E-state index contributed by atoms with van der Waals surface area (Å²) in [6.45, 7) is 5.22. The fourth-order valence-electron chi connectivity index (χ4n) is 2.95. The van der Waals surface area contributed by atoms with Crippen molar-refractivity contribution in [3.63, 3.8) is 0 Å². The smallest absolute Gasteiger partial charge is 0.408 e. The number of amides is 1.